The van der Waals surface area contributed by atoms with E-state index in [2.05, 4.69) is 10.2 Å². The molecule has 0 aliphatic rings. The maximum atomic E-state index is 12.9. The summed E-state index contributed by atoms with van der Waals surface area (Å²) in [5.74, 6) is 5.92. The lowest BCUT2D eigenvalue weighted by Crippen LogP contribution is -2.32. The summed E-state index contributed by atoms with van der Waals surface area (Å²) >= 11 is 1.27. The van der Waals surface area contributed by atoms with E-state index in [1.54, 1.807) is 4.90 Å². The number of aromatic nitrogens is 3. The van der Waals surface area contributed by atoms with E-state index in [4.69, 9.17) is 5.84 Å². The van der Waals surface area contributed by atoms with Crippen LogP contribution in [0.15, 0.2) is 66.1 Å². The van der Waals surface area contributed by atoms with Crippen molar-refractivity contribution in [3.63, 3.8) is 0 Å². The van der Waals surface area contributed by atoms with Crippen LogP contribution in [0.25, 0.3) is 0 Å². The zero-order valence-electron chi connectivity index (χ0n) is 13.9. The largest absolute Gasteiger partial charge is 0.336 e. The first kappa shape index (κ1) is 17.0. The van der Waals surface area contributed by atoms with E-state index >= 15 is 0 Å². The number of nitrogens with zero attached hydrogens (tertiary/aromatic N) is 4. The molecular weight excluding hydrogens is 334 g/mol. The second-order valence-corrected chi connectivity index (χ2v) is 6.56. The van der Waals surface area contributed by atoms with Crippen LogP contribution in [0.1, 0.15) is 11.1 Å². The highest BCUT2D eigenvalue weighted by atomic mass is 32.2. The maximum Gasteiger partial charge on any atom is 0.237 e. The molecule has 1 amide bonds. The van der Waals surface area contributed by atoms with Gasteiger partial charge < -0.3 is 10.7 Å². The molecular formula is C18H19N5OS. The van der Waals surface area contributed by atoms with Gasteiger partial charge in [0.1, 0.15) is 6.33 Å². The van der Waals surface area contributed by atoms with Crippen molar-refractivity contribution in [1.29, 1.82) is 0 Å². The maximum absolute atomic E-state index is 12.9. The summed E-state index contributed by atoms with van der Waals surface area (Å²) in [6.45, 7) is 2.53. The smallest absolute Gasteiger partial charge is 0.237 e. The van der Waals surface area contributed by atoms with Gasteiger partial charge in [0.2, 0.25) is 11.1 Å². The van der Waals surface area contributed by atoms with Gasteiger partial charge in [-0.15, -0.1) is 10.2 Å². The van der Waals surface area contributed by atoms with Gasteiger partial charge in [0.25, 0.3) is 0 Å². The molecule has 3 aromatic rings. The highest BCUT2D eigenvalue weighted by Crippen LogP contribution is 2.21. The molecule has 2 aromatic carbocycles. The lowest BCUT2D eigenvalue weighted by Gasteiger charge is -2.23. The summed E-state index contributed by atoms with van der Waals surface area (Å²) in [4.78, 5) is 14.7. The van der Waals surface area contributed by atoms with Gasteiger partial charge in [-0.25, -0.2) is 4.68 Å². The molecule has 1 heterocycles. The lowest BCUT2D eigenvalue weighted by molar-refractivity contribution is -0.116. The number of amides is 1. The average molecular weight is 353 g/mol. The monoisotopic (exact) mass is 353 g/mol. The second-order valence-electron chi connectivity index (χ2n) is 5.61. The van der Waals surface area contributed by atoms with Crippen LogP contribution in [0, 0.1) is 6.92 Å². The van der Waals surface area contributed by atoms with Gasteiger partial charge in [-0.1, -0.05) is 54.2 Å². The third-order valence-corrected chi connectivity index (χ3v) is 4.60. The standard InChI is InChI=1S/C18H19N5OS/c1-14-6-5-9-16(10-14)22(11-15-7-3-2-4-8-15)17(24)12-25-18-21-20-13-23(18)19/h2-10,13H,11-12,19H2,1H3. The summed E-state index contributed by atoms with van der Waals surface area (Å²) in [5.41, 5.74) is 3.06. The second kappa shape index (κ2) is 7.85. The highest BCUT2D eigenvalue weighted by Gasteiger charge is 2.18. The normalized spacial score (nSPS) is 10.6. The Balaban J connectivity index is 1.80. The van der Waals surface area contributed by atoms with Gasteiger partial charge in [-0.05, 0) is 30.2 Å². The Labute approximate surface area is 150 Å². The van der Waals surface area contributed by atoms with Gasteiger partial charge in [0.05, 0.1) is 12.3 Å². The number of nitrogen functional groups attached to an aromatic ring is 1. The molecule has 25 heavy (non-hydrogen) atoms. The lowest BCUT2D eigenvalue weighted by atomic mass is 10.1. The molecule has 128 valence electrons. The first-order valence-corrected chi connectivity index (χ1v) is 8.81. The molecule has 0 saturated heterocycles. The van der Waals surface area contributed by atoms with Crippen molar-refractivity contribution in [1.82, 2.24) is 14.9 Å². The summed E-state index contributed by atoms with van der Waals surface area (Å²) in [6, 6.07) is 17.9. The van der Waals surface area contributed by atoms with Crippen molar-refractivity contribution in [2.45, 2.75) is 18.6 Å². The number of thioether (sulfide) groups is 1. The molecule has 0 spiro atoms. The molecule has 0 bridgehead atoms. The molecule has 0 fully saturated rings. The topological polar surface area (TPSA) is 77.0 Å². The zero-order valence-corrected chi connectivity index (χ0v) is 14.7. The Morgan fingerprint density at radius 3 is 2.68 bits per heavy atom. The van der Waals surface area contributed by atoms with E-state index in [1.807, 2.05) is 61.5 Å². The molecule has 1 aromatic heterocycles. The van der Waals surface area contributed by atoms with E-state index in [0.717, 1.165) is 16.8 Å². The third kappa shape index (κ3) is 4.39. The van der Waals surface area contributed by atoms with Crippen LogP contribution in [0.2, 0.25) is 0 Å². The Bertz CT molecular complexity index is 849. The Morgan fingerprint density at radius 2 is 2.00 bits per heavy atom. The van der Waals surface area contributed by atoms with E-state index in [1.165, 1.54) is 22.8 Å². The molecule has 0 atom stereocenters. The number of anilines is 1. The molecule has 0 aliphatic heterocycles. The first-order valence-electron chi connectivity index (χ1n) is 7.82. The van der Waals surface area contributed by atoms with Crippen molar-refractivity contribution in [3.8, 4) is 0 Å². The Morgan fingerprint density at radius 1 is 1.20 bits per heavy atom. The van der Waals surface area contributed by atoms with Crippen LogP contribution < -0.4 is 10.7 Å². The minimum absolute atomic E-state index is 0.0116. The number of benzene rings is 2. The quantitative estimate of drug-likeness (QED) is 0.544. The fraction of sp³-hybridized carbons (Fsp3) is 0.167. The van der Waals surface area contributed by atoms with E-state index < -0.39 is 0 Å². The summed E-state index contributed by atoms with van der Waals surface area (Å²) in [5, 5.41) is 8.13. The predicted octanol–water partition coefficient (Wildman–Crippen LogP) is 2.63. The zero-order chi connectivity index (χ0) is 17.6. The summed E-state index contributed by atoms with van der Waals surface area (Å²) in [6.07, 6.45) is 1.41. The fourth-order valence-electron chi connectivity index (χ4n) is 2.42. The van der Waals surface area contributed by atoms with Crippen LogP contribution in [-0.2, 0) is 11.3 Å². The van der Waals surface area contributed by atoms with Gasteiger partial charge in [0.15, 0.2) is 0 Å². The fourth-order valence-corrected chi connectivity index (χ4v) is 3.13. The number of rotatable bonds is 6. The molecule has 2 N–H and O–H groups in total. The Hall–Kier alpha value is -2.80. The van der Waals surface area contributed by atoms with Gasteiger partial charge in [-0.2, -0.15) is 0 Å². The van der Waals surface area contributed by atoms with Crippen molar-refractivity contribution < 1.29 is 4.79 Å². The molecule has 3 rings (SSSR count). The van der Waals surface area contributed by atoms with Crippen molar-refractivity contribution in [2.75, 3.05) is 16.5 Å². The molecule has 0 aliphatic carbocycles. The van der Waals surface area contributed by atoms with E-state index in [-0.39, 0.29) is 11.7 Å². The summed E-state index contributed by atoms with van der Waals surface area (Å²) < 4.78 is 1.31. The van der Waals surface area contributed by atoms with Gasteiger partial charge >= 0.3 is 0 Å². The van der Waals surface area contributed by atoms with Gasteiger partial charge in [0, 0.05) is 5.69 Å². The molecule has 0 radical (unpaired) electrons. The number of nitrogens with two attached hydrogens (primary N) is 1. The van der Waals surface area contributed by atoms with E-state index in [9.17, 15) is 4.79 Å². The average Bonchev–Trinajstić information content (AvgIpc) is 3.03. The van der Waals surface area contributed by atoms with Crippen LogP contribution in [-0.4, -0.2) is 26.5 Å². The molecule has 6 nitrogen and oxygen atoms in total. The minimum atomic E-state index is -0.0116. The van der Waals surface area contributed by atoms with E-state index in [0.29, 0.717) is 11.7 Å². The number of carbonyl (C=O) groups is 1. The van der Waals surface area contributed by atoms with Crippen LogP contribution in [0.4, 0.5) is 5.69 Å². The van der Waals surface area contributed by atoms with Crippen LogP contribution >= 0.6 is 11.8 Å². The molecule has 7 heteroatoms. The predicted molar refractivity (Wildman–Crippen MR) is 99.7 cm³/mol. The van der Waals surface area contributed by atoms with Crippen molar-refractivity contribution in [2.24, 2.45) is 0 Å². The minimum Gasteiger partial charge on any atom is -0.336 e. The number of hydrogen-bond donors (Lipinski definition) is 1. The Kier molecular flexibility index (Phi) is 5.35. The van der Waals surface area contributed by atoms with Crippen LogP contribution in [0.5, 0.6) is 0 Å². The number of hydrogen-bond acceptors (Lipinski definition) is 5. The van der Waals surface area contributed by atoms with Crippen molar-refractivity contribution >= 4 is 23.4 Å². The summed E-state index contributed by atoms with van der Waals surface area (Å²) in [7, 11) is 0. The highest BCUT2D eigenvalue weighted by molar-refractivity contribution is 7.99. The molecule has 0 unspecified atom stereocenters. The third-order valence-electron chi connectivity index (χ3n) is 3.66. The van der Waals surface area contributed by atoms with Gasteiger partial charge in [-0.3, -0.25) is 4.79 Å². The number of aryl methyl sites for hydroxylation is 1. The SMILES string of the molecule is Cc1cccc(N(Cc2ccccc2)C(=O)CSc2nncn2N)c1. The number of carbonyl (C=O) groups excluding carboxylic acids is 1. The first-order chi connectivity index (χ1) is 12.1. The van der Waals surface area contributed by atoms with Crippen molar-refractivity contribution in [3.05, 3.63) is 72.1 Å². The molecule has 0 saturated carbocycles. The van der Waals surface area contributed by atoms with Crippen LogP contribution in [0.3, 0.4) is 0 Å².